The van der Waals surface area contributed by atoms with Gasteiger partial charge in [0.1, 0.15) is 17.7 Å². The van der Waals surface area contributed by atoms with Gasteiger partial charge in [0.15, 0.2) is 0 Å². The largest absolute Gasteiger partial charge is 0.463 e. The molecule has 1 heterocycles. The van der Waals surface area contributed by atoms with Crippen LogP contribution in [0.3, 0.4) is 0 Å². The Morgan fingerprint density at radius 2 is 1.64 bits per heavy atom. The summed E-state index contributed by atoms with van der Waals surface area (Å²) in [6, 6.07) is 5.26. The number of benzene rings is 1. The van der Waals surface area contributed by atoms with Crippen LogP contribution in [0.15, 0.2) is 24.3 Å². The third kappa shape index (κ3) is 6.03. The summed E-state index contributed by atoms with van der Waals surface area (Å²) in [5.74, 6) is -2.49. The summed E-state index contributed by atoms with van der Waals surface area (Å²) in [6.07, 6.45) is 2.78. The van der Waals surface area contributed by atoms with Crippen LogP contribution in [0.1, 0.15) is 65.0 Å². The van der Waals surface area contributed by atoms with E-state index in [2.05, 4.69) is 29.2 Å². The topological polar surface area (TPSA) is 131 Å². The third-order valence-corrected chi connectivity index (χ3v) is 9.54. The molecule has 228 valence electrons. The van der Waals surface area contributed by atoms with Crippen molar-refractivity contribution in [3.05, 3.63) is 35.4 Å². The maximum absolute atomic E-state index is 14.4. The second kappa shape index (κ2) is 11.0. The van der Waals surface area contributed by atoms with Crippen LogP contribution in [0.4, 0.5) is 4.79 Å². The molecule has 0 spiro atoms. The second-order valence-electron chi connectivity index (χ2n) is 14.0. The molecule has 42 heavy (non-hydrogen) atoms. The molecular formula is C32H43N3O7. The summed E-state index contributed by atoms with van der Waals surface area (Å²) in [6.45, 7) is 9.82. The molecule has 10 nitrogen and oxygen atoms in total. The first-order valence-electron chi connectivity index (χ1n) is 15.0. The summed E-state index contributed by atoms with van der Waals surface area (Å²) < 4.78 is 10.2. The van der Waals surface area contributed by atoms with Gasteiger partial charge in [-0.15, -0.1) is 0 Å². The van der Waals surface area contributed by atoms with Gasteiger partial charge in [-0.1, -0.05) is 51.0 Å². The number of nitrogens with one attached hydrogen (secondary N) is 2. The minimum Gasteiger partial charge on any atom is -0.463 e. The number of esters is 1. The standard InChI is InChI=1S/C32H43N3O7/c1-31(2,3)42-30(40)34-24(20-14-18-9-7-8-10-19(18)15-20)28(38)35-16-21-23(32(21,4)5)25(35)27(37)33-22(13-17-11-12-17)26(36)29(39)41-6/h7-10,17,20-25H,11-16H2,1-6H3,(H,33,37)(H,34,40)/t21-,22?,23-,24-,25-/m0/s1. The number of likely N-dealkylation sites (tertiary alicyclic amines) is 1. The van der Waals surface area contributed by atoms with E-state index in [1.54, 1.807) is 25.7 Å². The van der Waals surface area contributed by atoms with Crippen molar-refractivity contribution in [3.8, 4) is 0 Å². The molecule has 1 saturated heterocycles. The summed E-state index contributed by atoms with van der Waals surface area (Å²) >= 11 is 0. The number of carbonyl (C=O) groups excluding carboxylic acids is 5. The Bertz CT molecular complexity index is 1260. The molecule has 0 aromatic heterocycles. The predicted octanol–water partition coefficient (Wildman–Crippen LogP) is 2.80. The highest BCUT2D eigenvalue weighted by molar-refractivity contribution is 6.36. The monoisotopic (exact) mass is 581 g/mol. The fourth-order valence-corrected chi connectivity index (χ4v) is 7.05. The number of fused-ring (bicyclic) bond motifs is 2. The number of methoxy groups -OCH3 is 1. The average Bonchev–Trinajstić information content (AvgIpc) is 3.67. The van der Waals surface area contributed by atoms with Crippen molar-refractivity contribution in [3.63, 3.8) is 0 Å². The highest BCUT2D eigenvalue weighted by atomic mass is 16.6. The fourth-order valence-electron chi connectivity index (χ4n) is 7.05. The zero-order valence-electron chi connectivity index (χ0n) is 25.4. The number of hydrogen-bond donors (Lipinski definition) is 2. The predicted molar refractivity (Wildman–Crippen MR) is 153 cm³/mol. The number of carbonyl (C=O) groups is 5. The molecule has 3 aliphatic carbocycles. The Morgan fingerprint density at radius 1 is 1.02 bits per heavy atom. The number of alkyl carbamates (subject to hydrolysis) is 1. The van der Waals surface area contributed by atoms with E-state index >= 15 is 0 Å². The van der Waals surface area contributed by atoms with Crippen molar-refractivity contribution in [1.82, 2.24) is 15.5 Å². The molecule has 2 saturated carbocycles. The summed E-state index contributed by atoms with van der Waals surface area (Å²) in [5.41, 5.74) is 1.36. The highest BCUT2D eigenvalue weighted by Crippen LogP contribution is 2.65. The molecule has 10 heteroatoms. The molecule has 1 aliphatic heterocycles. The van der Waals surface area contributed by atoms with Crippen molar-refractivity contribution in [2.24, 2.45) is 29.1 Å². The summed E-state index contributed by atoms with van der Waals surface area (Å²) in [4.78, 5) is 67.8. The van der Waals surface area contributed by atoms with E-state index in [9.17, 15) is 24.0 Å². The molecule has 1 unspecified atom stereocenters. The molecule has 3 amide bonds. The van der Waals surface area contributed by atoms with Crippen LogP contribution in [0.5, 0.6) is 0 Å². The lowest BCUT2D eigenvalue weighted by molar-refractivity contribution is -0.153. The van der Waals surface area contributed by atoms with Gasteiger partial charge >= 0.3 is 12.1 Å². The minimum absolute atomic E-state index is 0.0980. The van der Waals surface area contributed by atoms with Gasteiger partial charge in [-0.05, 0) is 80.2 Å². The van der Waals surface area contributed by atoms with Crippen LogP contribution in [0.2, 0.25) is 0 Å². The Kier molecular flexibility index (Phi) is 7.87. The lowest BCUT2D eigenvalue weighted by atomic mass is 9.93. The molecule has 0 radical (unpaired) electrons. The van der Waals surface area contributed by atoms with Crippen molar-refractivity contribution < 1.29 is 33.4 Å². The average molecular weight is 582 g/mol. The number of ketones is 1. The second-order valence-corrected chi connectivity index (χ2v) is 14.0. The first-order valence-corrected chi connectivity index (χ1v) is 15.0. The van der Waals surface area contributed by atoms with Gasteiger partial charge in [0, 0.05) is 6.54 Å². The SMILES string of the molecule is COC(=O)C(=O)C(CC1CC1)NC(=O)[C@@H]1[C@@H]2[C@H](CN1C(=O)[C@@H](NC(=O)OC(C)(C)C)C1Cc3ccccc3C1)C2(C)C. The van der Waals surface area contributed by atoms with Gasteiger partial charge in [0.2, 0.25) is 11.8 Å². The number of Topliss-reactive ketones (excluding diaryl/α,β-unsaturated/α-hetero) is 1. The van der Waals surface area contributed by atoms with E-state index in [1.165, 1.54) is 0 Å². The van der Waals surface area contributed by atoms with Crippen LogP contribution in [0.25, 0.3) is 0 Å². The Balaban J connectivity index is 1.39. The first kappa shape index (κ1) is 30.0. The van der Waals surface area contributed by atoms with E-state index in [-0.39, 0.29) is 35.0 Å². The van der Waals surface area contributed by atoms with Gasteiger partial charge in [0.05, 0.1) is 13.2 Å². The van der Waals surface area contributed by atoms with Crippen molar-refractivity contribution >= 4 is 29.7 Å². The molecule has 3 fully saturated rings. The quantitative estimate of drug-likeness (QED) is 0.339. The maximum atomic E-state index is 14.4. The smallest absolute Gasteiger partial charge is 0.408 e. The van der Waals surface area contributed by atoms with Gasteiger partial charge in [-0.25, -0.2) is 9.59 Å². The summed E-state index contributed by atoms with van der Waals surface area (Å²) in [5, 5.41) is 5.68. The minimum atomic E-state index is -1.00. The van der Waals surface area contributed by atoms with Crippen LogP contribution in [0, 0.1) is 29.1 Å². The molecule has 5 atom stereocenters. The lowest BCUT2D eigenvalue weighted by Crippen LogP contribution is -2.59. The van der Waals surface area contributed by atoms with E-state index < -0.39 is 47.5 Å². The van der Waals surface area contributed by atoms with E-state index in [0.29, 0.717) is 25.8 Å². The molecule has 5 rings (SSSR count). The van der Waals surface area contributed by atoms with Gasteiger partial charge < -0.3 is 25.0 Å². The third-order valence-electron chi connectivity index (χ3n) is 9.54. The first-order chi connectivity index (χ1) is 19.7. The fraction of sp³-hybridized carbons (Fsp3) is 0.656. The number of ether oxygens (including phenoxy) is 2. The highest BCUT2D eigenvalue weighted by Gasteiger charge is 2.70. The van der Waals surface area contributed by atoms with Crippen molar-refractivity contribution in [2.75, 3.05) is 13.7 Å². The maximum Gasteiger partial charge on any atom is 0.408 e. The van der Waals surface area contributed by atoms with E-state index in [1.807, 2.05) is 24.3 Å². The Morgan fingerprint density at radius 3 is 2.19 bits per heavy atom. The summed E-state index contributed by atoms with van der Waals surface area (Å²) in [7, 11) is 1.14. The number of hydrogen-bond acceptors (Lipinski definition) is 7. The molecule has 0 bridgehead atoms. The Hall–Kier alpha value is -3.43. The zero-order chi connectivity index (χ0) is 30.6. The van der Waals surface area contributed by atoms with Crippen LogP contribution in [-0.4, -0.2) is 71.9 Å². The molecule has 1 aromatic rings. The van der Waals surface area contributed by atoms with Gasteiger partial charge in [-0.3, -0.25) is 14.4 Å². The van der Waals surface area contributed by atoms with Gasteiger partial charge in [-0.2, -0.15) is 0 Å². The van der Waals surface area contributed by atoms with E-state index in [0.717, 1.165) is 31.1 Å². The van der Waals surface area contributed by atoms with Crippen molar-refractivity contribution in [1.29, 1.82) is 0 Å². The number of piperidine rings is 1. The number of amides is 3. The molecule has 2 N–H and O–H groups in total. The normalized spacial score (nSPS) is 25.5. The van der Waals surface area contributed by atoms with Crippen molar-refractivity contribution in [2.45, 2.75) is 90.4 Å². The number of rotatable bonds is 9. The zero-order valence-corrected chi connectivity index (χ0v) is 25.4. The van der Waals surface area contributed by atoms with E-state index in [4.69, 9.17) is 4.74 Å². The lowest BCUT2D eigenvalue weighted by Gasteiger charge is -2.35. The van der Waals surface area contributed by atoms with Gasteiger partial charge in [0.25, 0.3) is 5.78 Å². The van der Waals surface area contributed by atoms with Crippen LogP contribution in [-0.2, 0) is 41.5 Å². The Labute approximate surface area is 247 Å². The molecule has 1 aromatic carbocycles. The molecule has 4 aliphatic rings. The number of nitrogens with zero attached hydrogens (tertiary/aromatic N) is 1. The van der Waals surface area contributed by atoms with Crippen LogP contribution >= 0.6 is 0 Å². The molecular weight excluding hydrogens is 538 g/mol. The van der Waals surface area contributed by atoms with Crippen LogP contribution < -0.4 is 10.6 Å².